The largest absolute Gasteiger partial charge is 0.387 e. The lowest BCUT2D eigenvalue weighted by atomic mass is 10.1. The van der Waals surface area contributed by atoms with Gasteiger partial charge in [-0.3, -0.25) is 4.79 Å². The molecule has 1 amide bonds. The molecular formula is C12H17ClN2O3. The molecule has 5 nitrogen and oxygen atoms in total. The van der Waals surface area contributed by atoms with Crippen molar-refractivity contribution in [2.24, 2.45) is 5.73 Å². The summed E-state index contributed by atoms with van der Waals surface area (Å²) in [5.41, 5.74) is 6.18. The van der Waals surface area contributed by atoms with Crippen LogP contribution in [0.4, 0.5) is 0 Å². The lowest BCUT2D eigenvalue weighted by molar-refractivity contribution is -0.123. The molecule has 1 aromatic rings. The van der Waals surface area contributed by atoms with E-state index in [2.05, 4.69) is 5.32 Å². The van der Waals surface area contributed by atoms with Crippen LogP contribution >= 0.6 is 11.6 Å². The van der Waals surface area contributed by atoms with Crippen molar-refractivity contribution >= 4 is 17.5 Å². The number of carbonyl (C=O) groups excluding carboxylic acids is 1. The smallest absolute Gasteiger partial charge is 0.239 e. The van der Waals surface area contributed by atoms with E-state index >= 15 is 0 Å². The normalized spacial score (nSPS) is 14.0. The fourth-order valence-corrected chi connectivity index (χ4v) is 1.61. The average Bonchev–Trinajstić information content (AvgIpc) is 2.35. The number of aliphatic hydroxyl groups excluding tert-OH is 1. The van der Waals surface area contributed by atoms with Gasteiger partial charge in [0.1, 0.15) is 6.04 Å². The highest BCUT2D eigenvalue weighted by atomic mass is 35.5. The van der Waals surface area contributed by atoms with Gasteiger partial charge in [-0.2, -0.15) is 0 Å². The lowest BCUT2D eigenvalue weighted by Gasteiger charge is -2.15. The first kappa shape index (κ1) is 14.9. The monoisotopic (exact) mass is 272 g/mol. The highest BCUT2D eigenvalue weighted by Gasteiger charge is 2.15. The molecule has 2 atom stereocenters. The Labute approximate surface area is 111 Å². The van der Waals surface area contributed by atoms with Gasteiger partial charge >= 0.3 is 0 Å². The van der Waals surface area contributed by atoms with Crippen LogP contribution in [0.5, 0.6) is 0 Å². The molecule has 0 saturated carbocycles. The average molecular weight is 273 g/mol. The zero-order valence-corrected chi connectivity index (χ0v) is 10.9. The summed E-state index contributed by atoms with van der Waals surface area (Å²) in [5, 5.41) is 12.9. The summed E-state index contributed by atoms with van der Waals surface area (Å²) in [7, 11) is 1.47. The quantitative estimate of drug-likeness (QED) is 0.703. The summed E-state index contributed by atoms with van der Waals surface area (Å²) in [5.74, 6) is -0.363. The van der Waals surface area contributed by atoms with Crippen LogP contribution in [0.25, 0.3) is 0 Å². The first-order valence-corrected chi connectivity index (χ1v) is 5.88. The Morgan fingerprint density at radius 2 is 2.33 bits per heavy atom. The minimum atomic E-state index is -0.817. The van der Waals surface area contributed by atoms with Crippen LogP contribution in [0.15, 0.2) is 24.3 Å². The molecule has 100 valence electrons. The molecule has 0 radical (unpaired) electrons. The number of nitrogens with two attached hydrogens (primary N) is 1. The number of rotatable bonds is 6. The van der Waals surface area contributed by atoms with E-state index in [0.717, 1.165) is 0 Å². The number of benzene rings is 1. The second-order valence-corrected chi connectivity index (χ2v) is 4.31. The molecule has 0 spiro atoms. The van der Waals surface area contributed by atoms with Crippen LogP contribution in [0.2, 0.25) is 5.02 Å². The Morgan fingerprint density at radius 1 is 1.61 bits per heavy atom. The van der Waals surface area contributed by atoms with Crippen molar-refractivity contribution in [3.63, 3.8) is 0 Å². The highest BCUT2D eigenvalue weighted by Crippen LogP contribution is 2.16. The third-order valence-electron chi connectivity index (χ3n) is 2.39. The Balaban J connectivity index is 2.46. The van der Waals surface area contributed by atoms with Crippen LogP contribution in [0, 0.1) is 0 Å². The predicted molar refractivity (Wildman–Crippen MR) is 69.3 cm³/mol. The van der Waals surface area contributed by atoms with E-state index in [-0.39, 0.29) is 19.1 Å². The van der Waals surface area contributed by atoms with E-state index < -0.39 is 12.1 Å². The second-order valence-electron chi connectivity index (χ2n) is 3.88. The van der Waals surface area contributed by atoms with Gasteiger partial charge < -0.3 is 20.9 Å². The van der Waals surface area contributed by atoms with Gasteiger partial charge in [0.25, 0.3) is 0 Å². The van der Waals surface area contributed by atoms with Crippen molar-refractivity contribution in [1.82, 2.24) is 5.32 Å². The molecule has 0 aliphatic rings. The number of ether oxygens (including phenoxy) is 1. The minimum absolute atomic E-state index is 0.0800. The molecule has 2 unspecified atom stereocenters. The van der Waals surface area contributed by atoms with Crippen molar-refractivity contribution in [2.75, 3.05) is 20.3 Å². The van der Waals surface area contributed by atoms with Crippen molar-refractivity contribution in [1.29, 1.82) is 0 Å². The van der Waals surface area contributed by atoms with Gasteiger partial charge in [0.15, 0.2) is 0 Å². The Kier molecular flexibility index (Phi) is 6.07. The van der Waals surface area contributed by atoms with Crippen molar-refractivity contribution in [2.45, 2.75) is 12.1 Å². The first-order chi connectivity index (χ1) is 8.54. The molecule has 0 aliphatic heterocycles. The molecule has 0 saturated heterocycles. The summed E-state index contributed by atoms with van der Waals surface area (Å²) >= 11 is 5.81. The second kappa shape index (κ2) is 7.33. The zero-order valence-electron chi connectivity index (χ0n) is 10.1. The van der Waals surface area contributed by atoms with Gasteiger partial charge in [-0.1, -0.05) is 23.7 Å². The summed E-state index contributed by atoms with van der Waals surface area (Å²) < 4.78 is 4.77. The molecular weight excluding hydrogens is 256 g/mol. The van der Waals surface area contributed by atoms with Gasteiger partial charge in [0, 0.05) is 18.7 Å². The SMILES string of the molecule is COCC(N)C(=O)NCC(O)c1cccc(Cl)c1. The maximum atomic E-state index is 11.5. The molecule has 0 heterocycles. The van der Waals surface area contributed by atoms with E-state index in [1.165, 1.54) is 7.11 Å². The van der Waals surface area contributed by atoms with Gasteiger partial charge in [-0.25, -0.2) is 0 Å². The number of carbonyl (C=O) groups is 1. The maximum absolute atomic E-state index is 11.5. The summed E-state index contributed by atoms with van der Waals surface area (Å²) in [6.45, 7) is 0.218. The molecule has 4 N–H and O–H groups in total. The van der Waals surface area contributed by atoms with E-state index in [4.69, 9.17) is 22.1 Å². The van der Waals surface area contributed by atoms with E-state index in [1.54, 1.807) is 24.3 Å². The van der Waals surface area contributed by atoms with Crippen molar-refractivity contribution in [3.05, 3.63) is 34.9 Å². The Bertz CT molecular complexity index is 401. The Morgan fingerprint density at radius 3 is 2.94 bits per heavy atom. The number of hydrogen-bond donors (Lipinski definition) is 3. The van der Waals surface area contributed by atoms with Gasteiger partial charge in [0.05, 0.1) is 12.7 Å². The fourth-order valence-electron chi connectivity index (χ4n) is 1.42. The number of hydrogen-bond acceptors (Lipinski definition) is 4. The van der Waals surface area contributed by atoms with Crippen LogP contribution < -0.4 is 11.1 Å². The minimum Gasteiger partial charge on any atom is -0.387 e. The summed E-state index contributed by atoms with van der Waals surface area (Å²) in [6.07, 6.45) is -0.817. The topological polar surface area (TPSA) is 84.6 Å². The Hall–Kier alpha value is -1.14. The van der Waals surface area contributed by atoms with Crippen LogP contribution in [0.1, 0.15) is 11.7 Å². The van der Waals surface area contributed by atoms with Gasteiger partial charge in [-0.15, -0.1) is 0 Å². The number of methoxy groups -OCH3 is 1. The van der Waals surface area contributed by atoms with Gasteiger partial charge in [-0.05, 0) is 17.7 Å². The highest BCUT2D eigenvalue weighted by molar-refractivity contribution is 6.30. The standard InChI is InChI=1S/C12H17ClN2O3/c1-18-7-10(14)12(17)15-6-11(16)8-3-2-4-9(13)5-8/h2-5,10-11,16H,6-7,14H2,1H3,(H,15,17). The molecule has 0 fully saturated rings. The summed E-state index contributed by atoms with van der Waals surface area (Å²) in [4.78, 5) is 11.5. The van der Waals surface area contributed by atoms with Gasteiger partial charge in [0.2, 0.25) is 5.91 Å². The molecule has 0 aliphatic carbocycles. The molecule has 0 aromatic heterocycles. The van der Waals surface area contributed by atoms with Crippen LogP contribution in [-0.2, 0) is 9.53 Å². The number of nitrogens with one attached hydrogen (secondary N) is 1. The van der Waals surface area contributed by atoms with E-state index in [0.29, 0.717) is 10.6 Å². The number of halogens is 1. The molecule has 18 heavy (non-hydrogen) atoms. The maximum Gasteiger partial charge on any atom is 0.239 e. The number of aliphatic hydroxyl groups is 1. The van der Waals surface area contributed by atoms with Crippen molar-refractivity contribution in [3.8, 4) is 0 Å². The molecule has 1 aromatic carbocycles. The number of amides is 1. The summed E-state index contributed by atoms with van der Waals surface area (Å²) in [6, 6.07) is 6.09. The molecule has 1 rings (SSSR count). The molecule has 0 bridgehead atoms. The molecule has 6 heteroatoms. The van der Waals surface area contributed by atoms with E-state index in [9.17, 15) is 9.90 Å². The predicted octanol–water partition coefficient (Wildman–Crippen LogP) is 0.463. The van der Waals surface area contributed by atoms with Crippen LogP contribution in [0.3, 0.4) is 0 Å². The van der Waals surface area contributed by atoms with E-state index in [1.807, 2.05) is 0 Å². The fraction of sp³-hybridized carbons (Fsp3) is 0.417. The zero-order chi connectivity index (χ0) is 13.5. The third-order valence-corrected chi connectivity index (χ3v) is 2.62. The van der Waals surface area contributed by atoms with Crippen molar-refractivity contribution < 1.29 is 14.6 Å². The lowest BCUT2D eigenvalue weighted by Crippen LogP contribution is -2.44. The first-order valence-electron chi connectivity index (χ1n) is 5.50. The van der Waals surface area contributed by atoms with Crippen LogP contribution in [-0.4, -0.2) is 37.3 Å². The third kappa shape index (κ3) is 4.62.